The van der Waals surface area contributed by atoms with E-state index in [0.29, 0.717) is 4.68 Å². The Labute approximate surface area is 152 Å². The Bertz CT molecular complexity index is 942. The highest BCUT2D eigenvalue weighted by Gasteiger charge is 2.46. The van der Waals surface area contributed by atoms with Crippen LogP contribution >= 0.6 is 11.6 Å². The van der Waals surface area contributed by atoms with E-state index in [1.165, 1.54) is 0 Å². The van der Waals surface area contributed by atoms with Gasteiger partial charge in [0.1, 0.15) is 11.6 Å². The van der Waals surface area contributed by atoms with Crippen LogP contribution in [0, 0.1) is 11.7 Å². The lowest BCUT2D eigenvalue weighted by molar-refractivity contribution is -0.191. The standard InChI is InChI=1S/C14H11ClF4N4O4/c15-7-3-8(16)9(20-4-7)5-22-12(24)23-10(21-22)1-6(14(17,18)19)2-11(23)27-13(25)26/h3-4,6,11H,1-2,5H2,(H,25,26). The summed E-state index contributed by atoms with van der Waals surface area (Å²) >= 11 is 5.59. The first-order valence-corrected chi connectivity index (χ1v) is 7.88. The monoisotopic (exact) mass is 410 g/mol. The second-order valence-electron chi connectivity index (χ2n) is 5.83. The van der Waals surface area contributed by atoms with Gasteiger partial charge in [0.25, 0.3) is 0 Å². The topological polar surface area (TPSA) is 99.2 Å². The fourth-order valence-electron chi connectivity index (χ4n) is 2.82. The van der Waals surface area contributed by atoms with Gasteiger partial charge in [0, 0.05) is 19.0 Å². The van der Waals surface area contributed by atoms with Gasteiger partial charge in [0.15, 0.2) is 6.23 Å². The highest BCUT2D eigenvalue weighted by atomic mass is 35.5. The van der Waals surface area contributed by atoms with Crippen LogP contribution in [0.25, 0.3) is 0 Å². The molecule has 13 heteroatoms. The molecule has 27 heavy (non-hydrogen) atoms. The van der Waals surface area contributed by atoms with Crippen LogP contribution in [0.5, 0.6) is 0 Å². The molecule has 0 radical (unpaired) electrons. The SMILES string of the molecule is O=C(O)OC1CC(C(F)(F)F)Cc2nn(Cc3ncc(Cl)cc3F)c(=O)n21. The molecule has 1 aliphatic heterocycles. The molecule has 0 amide bonds. The molecule has 2 aromatic rings. The van der Waals surface area contributed by atoms with E-state index in [1.807, 2.05) is 0 Å². The number of fused-ring (bicyclic) bond motifs is 1. The predicted octanol–water partition coefficient (Wildman–Crippen LogP) is 2.60. The van der Waals surface area contributed by atoms with E-state index in [4.69, 9.17) is 16.7 Å². The maximum atomic E-state index is 13.9. The van der Waals surface area contributed by atoms with Crippen molar-refractivity contribution in [2.24, 2.45) is 5.92 Å². The summed E-state index contributed by atoms with van der Waals surface area (Å²) in [5, 5.41) is 12.6. The summed E-state index contributed by atoms with van der Waals surface area (Å²) in [5.74, 6) is -3.07. The highest BCUT2D eigenvalue weighted by Crippen LogP contribution is 2.38. The first-order chi connectivity index (χ1) is 12.6. The summed E-state index contributed by atoms with van der Waals surface area (Å²) in [7, 11) is 0. The third kappa shape index (κ3) is 3.89. The third-order valence-corrected chi connectivity index (χ3v) is 4.23. The first kappa shape index (κ1) is 19.1. The minimum Gasteiger partial charge on any atom is -0.450 e. The van der Waals surface area contributed by atoms with E-state index in [-0.39, 0.29) is 16.5 Å². The Morgan fingerprint density at radius 2 is 2.15 bits per heavy atom. The average Bonchev–Trinajstić information content (AvgIpc) is 2.85. The van der Waals surface area contributed by atoms with E-state index in [9.17, 15) is 27.2 Å². The number of hydrogen-bond donors (Lipinski definition) is 1. The lowest BCUT2D eigenvalue weighted by Crippen LogP contribution is -2.39. The number of hydrogen-bond acceptors (Lipinski definition) is 5. The zero-order valence-corrected chi connectivity index (χ0v) is 14.0. The Hall–Kier alpha value is -2.63. The van der Waals surface area contributed by atoms with Gasteiger partial charge < -0.3 is 9.84 Å². The van der Waals surface area contributed by atoms with Gasteiger partial charge in [-0.2, -0.15) is 18.3 Å². The van der Waals surface area contributed by atoms with E-state index in [2.05, 4.69) is 14.8 Å². The van der Waals surface area contributed by atoms with Crippen LogP contribution in [-0.4, -0.2) is 36.8 Å². The van der Waals surface area contributed by atoms with Crippen molar-refractivity contribution in [3.63, 3.8) is 0 Å². The van der Waals surface area contributed by atoms with Gasteiger partial charge in [-0.1, -0.05) is 11.6 Å². The minimum absolute atomic E-state index is 0.0238. The fraction of sp³-hybridized carbons (Fsp3) is 0.429. The smallest absolute Gasteiger partial charge is 0.450 e. The molecule has 2 aromatic heterocycles. The molecule has 3 rings (SSSR count). The Morgan fingerprint density at radius 1 is 1.44 bits per heavy atom. The van der Waals surface area contributed by atoms with Gasteiger partial charge in [0.05, 0.1) is 23.2 Å². The molecule has 0 aromatic carbocycles. The number of nitrogens with zero attached hydrogens (tertiary/aromatic N) is 4. The molecule has 0 aliphatic carbocycles. The van der Waals surface area contributed by atoms with Gasteiger partial charge in [-0.05, 0) is 6.07 Å². The summed E-state index contributed by atoms with van der Waals surface area (Å²) in [6, 6.07) is 0.959. The molecule has 0 fully saturated rings. The van der Waals surface area contributed by atoms with E-state index < -0.39 is 55.4 Å². The molecule has 2 atom stereocenters. The summed E-state index contributed by atoms with van der Waals surface area (Å²) in [6.07, 6.45) is -8.42. The van der Waals surface area contributed by atoms with Crippen molar-refractivity contribution in [1.29, 1.82) is 0 Å². The van der Waals surface area contributed by atoms with Crippen molar-refractivity contribution >= 4 is 17.8 Å². The Kier molecular flexibility index (Phi) is 4.84. The van der Waals surface area contributed by atoms with Gasteiger partial charge in [0.2, 0.25) is 0 Å². The van der Waals surface area contributed by atoms with Crippen LogP contribution < -0.4 is 5.69 Å². The molecular weight excluding hydrogens is 400 g/mol. The molecule has 0 bridgehead atoms. The van der Waals surface area contributed by atoms with Crippen molar-refractivity contribution in [2.75, 3.05) is 0 Å². The van der Waals surface area contributed by atoms with Crippen LogP contribution in [0.15, 0.2) is 17.1 Å². The number of alkyl halides is 3. The van der Waals surface area contributed by atoms with E-state index in [1.54, 1.807) is 0 Å². The quantitative estimate of drug-likeness (QED) is 0.617. The lowest BCUT2D eigenvalue weighted by Gasteiger charge is -2.29. The molecular formula is C14H11ClF4N4O4. The Balaban J connectivity index is 2.00. The molecule has 1 aliphatic rings. The molecule has 1 N–H and O–H groups in total. The summed E-state index contributed by atoms with van der Waals surface area (Å²) in [4.78, 5) is 27.0. The summed E-state index contributed by atoms with van der Waals surface area (Å²) in [5.41, 5.74) is -1.15. The molecule has 0 saturated carbocycles. The number of carboxylic acid groups (broad SMARTS) is 1. The second kappa shape index (κ2) is 6.83. The average molecular weight is 411 g/mol. The van der Waals surface area contributed by atoms with Crippen molar-refractivity contribution in [1.82, 2.24) is 19.3 Å². The normalized spacial score (nSPS) is 19.6. The van der Waals surface area contributed by atoms with Gasteiger partial charge >= 0.3 is 18.0 Å². The van der Waals surface area contributed by atoms with Crippen molar-refractivity contribution < 1.29 is 32.2 Å². The summed E-state index contributed by atoms with van der Waals surface area (Å²) < 4.78 is 59.0. The minimum atomic E-state index is -4.63. The zero-order chi connectivity index (χ0) is 19.9. The molecule has 8 nitrogen and oxygen atoms in total. The maximum Gasteiger partial charge on any atom is 0.507 e. The first-order valence-electron chi connectivity index (χ1n) is 7.50. The maximum absolute atomic E-state index is 13.9. The van der Waals surface area contributed by atoms with Gasteiger partial charge in [-0.25, -0.2) is 23.2 Å². The number of ether oxygens (including phenoxy) is 1. The van der Waals surface area contributed by atoms with Gasteiger partial charge in [-0.3, -0.25) is 4.98 Å². The van der Waals surface area contributed by atoms with Crippen LogP contribution in [0.2, 0.25) is 5.02 Å². The zero-order valence-electron chi connectivity index (χ0n) is 13.3. The number of rotatable bonds is 3. The largest absolute Gasteiger partial charge is 0.507 e. The predicted molar refractivity (Wildman–Crippen MR) is 80.8 cm³/mol. The number of aromatic nitrogens is 4. The van der Waals surface area contributed by atoms with Crippen LogP contribution in [0.3, 0.4) is 0 Å². The van der Waals surface area contributed by atoms with Crippen molar-refractivity contribution in [3.05, 3.63) is 45.1 Å². The summed E-state index contributed by atoms with van der Waals surface area (Å²) in [6.45, 7) is -0.474. The molecule has 146 valence electrons. The van der Waals surface area contributed by atoms with Crippen LogP contribution in [0.4, 0.5) is 22.4 Å². The highest BCUT2D eigenvalue weighted by molar-refractivity contribution is 6.30. The van der Waals surface area contributed by atoms with E-state index in [0.717, 1.165) is 16.8 Å². The molecule has 3 heterocycles. The number of halogens is 5. The van der Waals surface area contributed by atoms with Crippen LogP contribution in [0.1, 0.15) is 24.2 Å². The van der Waals surface area contributed by atoms with E-state index >= 15 is 0 Å². The molecule has 0 saturated heterocycles. The van der Waals surface area contributed by atoms with Gasteiger partial charge in [-0.15, -0.1) is 0 Å². The second-order valence-corrected chi connectivity index (χ2v) is 6.26. The van der Waals surface area contributed by atoms with Crippen molar-refractivity contribution in [3.8, 4) is 0 Å². The molecule has 0 spiro atoms. The lowest BCUT2D eigenvalue weighted by atomic mass is 9.96. The Morgan fingerprint density at radius 3 is 2.74 bits per heavy atom. The fourth-order valence-corrected chi connectivity index (χ4v) is 2.96. The number of carbonyl (C=O) groups is 1. The third-order valence-electron chi connectivity index (χ3n) is 4.03. The molecule has 2 unspecified atom stereocenters. The number of pyridine rings is 1. The van der Waals surface area contributed by atoms with Crippen molar-refractivity contribution in [2.45, 2.75) is 31.8 Å². The van der Waals surface area contributed by atoms with Crippen LogP contribution in [-0.2, 0) is 17.7 Å².